The van der Waals surface area contributed by atoms with Gasteiger partial charge in [0.15, 0.2) is 0 Å². The fourth-order valence-electron chi connectivity index (χ4n) is 4.03. The topological polar surface area (TPSA) is 93.1 Å². The van der Waals surface area contributed by atoms with E-state index in [9.17, 15) is 4.79 Å². The average molecular weight is 638 g/mol. The quantitative estimate of drug-likeness (QED) is 0.108. The smallest absolute Gasteiger partial charge is 0.259 e. The van der Waals surface area contributed by atoms with Crippen LogP contribution < -0.4 is 10.1 Å². The molecule has 0 saturated carbocycles. The number of nitrogens with zero attached hydrogens (tertiary/aromatic N) is 2. The third-order valence-electron chi connectivity index (χ3n) is 6.17. The highest BCUT2D eigenvalue weighted by Gasteiger charge is 2.19. The van der Waals surface area contributed by atoms with Crippen molar-refractivity contribution in [2.24, 2.45) is 0 Å². The number of ether oxygens (including phenoxy) is 5. The van der Waals surface area contributed by atoms with Gasteiger partial charge in [0.05, 0.1) is 57.5 Å². The minimum Gasteiger partial charge on any atom is -0.491 e. The van der Waals surface area contributed by atoms with Gasteiger partial charge in [0, 0.05) is 29.1 Å². The van der Waals surface area contributed by atoms with Crippen molar-refractivity contribution in [3.63, 3.8) is 0 Å². The molecule has 1 aromatic heterocycles. The summed E-state index contributed by atoms with van der Waals surface area (Å²) in [4.78, 5) is 13.4. The first-order valence-electron chi connectivity index (χ1n) is 15.4. The van der Waals surface area contributed by atoms with E-state index >= 15 is 0 Å². The summed E-state index contributed by atoms with van der Waals surface area (Å²) in [6.07, 6.45) is 2.74. The number of amides is 1. The molecule has 0 fully saturated rings. The van der Waals surface area contributed by atoms with Gasteiger partial charge < -0.3 is 29.0 Å². The molecule has 4 rings (SSSR count). The van der Waals surface area contributed by atoms with Crippen molar-refractivity contribution in [3.8, 4) is 22.7 Å². The van der Waals surface area contributed by atoms with Gasteiger partial charge in [-0.25, -0.2) is 4.68 Å². The van der Waals surface area contributed by atoms with Crippen LogP contribution in [0.15, 0.2) is 85.1 Å². The Morgan fingerprint density at radius 1 is 0.733 bits per heavy atom. The van der Waals surface area contributed by atoms with Crippen LogP contribution in [0.5, 0.6) is 5.75 Å². The van der Waals surface area contributed by atoms with Crippen molar-refractivity contribution in [1.29, 1.82) is 0 Å². The largest absolute Gasteiger partial charge is 0.491 e. The Kier molecular flexibility index (Phi) is 16.7. The van der Waals surface area contributed by atoms with Crippen LogP contribution in [0.4, 0.5) is 5.69 Å². The van der Waals surface area contributed by atoms with Gasteiger partial charge in [0.25, 0.3) is 5.91 Å². The molecular formula is C35H44ClN3O6. The van der Waals surface area contributed by atoms with Gasteiger partial charge in [-0.3, -0.25) is 4.79 Å². The molecule has 242 valence electrons. The molecule has 1 N–H and O–H groups in total. The number of para-hydroxylation sites is 1. The molecule has 0 aliphatic carbocycles. The van der Waals surface area contributed by atoms with Crippen LogP contribution in [0.3, 0.4) is 0 Å². The molecular weight excluding hydrogens is 594 g/mol. The van der Waals surface area contributed by atoms with Gasteiger partial charge in [-0.15, -0.1) is 0 Å². The average Bonchev–Trinajstić information content (AvgIpc) is 3.53. The standard InChI is InChI=1S/C33H38ClN3O6.C2H6/c1-2-16-39-17-18-40-19-20-41-21-22-42-23-24-43-30-14-12-28(13-15-30)35-33(38)31-25-37(29-6-4-3-5-7-29)36-32(31)26-8-10-27(34)11-9-26;1-2/h3-15,25H,2,16-24H2,1H3,(H,35,38);1-2H3. The van der Waals surface area contributed by atoms with Crippen molar-refractivity contribution >= 4 is 23.2 Å². The number of hydrogen-bond acceptors (Lipinski definition) is 7. The Labute approximate surface area is 271 Å². The van der Waals surface area contributed by atoms with E-state index in [0.29, 0.717) is 80.6 Å². The number of rotatable bonds is 19. The zero-order chi connectivity index (χ0) is 32.1. The molecule has 0 bridgehead atoms. The molecule has 3 aromatic carbocycles. The van der Waals surface area contributed by atoms with Crippen LogP contribution in [-0.2, 0) is 18.9 Å². The Bertz CT molecular complexity index is 1360. The molecule has 0 unspecified atom stereocenters. The maximum absolute atomic E-state index is 13.4. The van der Waals surface area contributed by atoms with E-state index in [0.717, 1.165) is 24.3 Å². The lowest BCUT2D eigenvalue weighted by atomic mass is 10.1. The first-order valence-corrected chi connectivity index (χ1v) is 15.8. The van der Waals surface area contributed by atoms with E-state index < -0.39 is 0 Å². The molecule has 4 aromatic rings. The summed E-state index contributed by atoms with van der Waals surface area (Å²) in [5.74, 6) is 0.403. The highest BCUT2D eigenvalue weighted by Crippen LogP contribution is 2.26. The summed E-state index contributed by atoms with van der Waals surface area (Å²) in [6, 6.07) is 24.1. The molecule has 45 heavy (non-hydrogen) atoms. The Morgan fingerprint density at radius 3 is 1.87 bits per heavy atom. The second-order valence-corrected chi connectivity index (χ2v) is 9.89. The fraction of sp³-hybridized carbons (Fsp3) is 0.371. The van der Waals surface area contributed by atoms with E-state index in [4.69, 9.17) is 40.4 Å². The summed E-state index contributed by atoms with van der Waals surface area (Å²) in [5, 5.41) is 8.29. The van der Waals surface area contributed by atoms with Crippen LogP contribution in [-0.4, -0.2) is 75.1 Å². The molecule has 10 heteroatoms. The van der Waals surface area contributed by atoms with Gasteiger partial charge in [-0.1, -0.05) is 62.7 Å². The Balaban J connectivity index is 0.00000271. The minimum atomic E-state index is -0.274. The predicted octanol–water partition coefficient (Wildman–Crippen LogP) is 7.33. The lowest BCUT2D eigenvalue weighted by molar-refractivity contribution is -0.00450. The van der Waals surface area contributed by atoms with E-state index in [1.807, 2.05) is 56.3 Å². The second kappa shape index (κ2) is 21.1. The predicted molar refractivity (Wildman–Crippen MR) is 179 cm³/mol. The monoisotopic (exact) mass is 637 g/mol. The van der Waals surface area contributed by atoms with Gasteiger partial charge in [0.1, 0.15) is 18.1 Å². The highest BCUT2D eigenvalue weighted by atomic mass is 35.5. The maximum Gasteiger partial charge on any atom is 0.259 e. The third-order valence-corrected chi connectivity index (χ3v) is 6.42. The van der Waals surface area contributed by atoms with Crippen LogP contribution in [0.25, 0.3) is 16.9 Å². The van der Waals surface area contributed by atoms with E-state index in [-0.39, 0.29) is 5.91 Å². The van der Waals surface area contributed by atoms with Crippen molar-refractivity contribution in [3.05, 3.63) is 95.6 Å². The molecule has 1 amide bonds. The first-order chi connectivity index (χ1) is 22.1. The lowest BCUT2D eigenvalue weighted by Gasteiger charge is -2.09. The number of benzene rings is 3. The summed E-state index contributed by atoms with van der Waals surface area (Å²) in [7, 11) is 0. The van der Waals surface area contributed by atoms with Crippen LogP contribution >= 0.6 is 11.6 Å². The van der Waals surface area contributed by atoms with Crippen molar-refractivity contribution < 1.29 is 28.5 Å². The normalized spacial score (nSPS) is 10.7. The second-order valence-electron chi connectivity index (χ2n) is 9.45. The molecule has 9 nitrogen and oxygen atoms in total. The fourth-order valence-corrected chi connectivity index (χ4v) is 4.16. The number of anilines is 1. The summed E-state index contributed by atoms with van der Waals surface area (Å²) in [5.41, 5.74) is 3.28. The van der Waals surface area contributed by atoms with E-state index in [1.54, 1.807) is 47.3 Å². The summed E-state index contributed by atoms with van der Waals surface area (Å²) in [6.45, 7) is 10.9. The Hall–Kier alpha value is -3.73. The summed E-state index contributed by atoms with van der Waals surface area (Å²) >= 11 is 6.08. The van der Waals surface area contributed by atoms with Gasteiger partial charge in [-0.05, 0) is 55.0 Å². The first kappa shape index (κ1) is 35.7. The summed E-state index contributed by atoms with van der Waals surface area (Å²) < 4.78 is 29.3. The molecule has 0 atom stereocenters. The third kappa shape index (κ3) is 12.7. The molecule has 0 saturated heterocycles. The van der Waals surface area contributed by atoms with Crippen LogP contribution in [0.1, 0.15) is 37.6 Å². The van der Waals surface area contributed by atoms with E-state index in [1.165, 1.54) is 0 Å². The number of halogens is 1. The number of aromatic nitrogens is 2. The van der Waals surface area contributed by atoms with E-state index in [2.05, 4.69) is 12.2 Å². The molecule has 0 aliphatic rings. The number of carbonyl (C=O) groups is 1. The highest BCUT2D eigenvalue weighted by molar-refractivity contribution is 6.30. The molecule has 0 aliphatic heterocycles. The van der Waals surface area contributed by atoms with Crippen molar-refractivity contribution in [2.75, 3.05) is 64.8 Å². The van der Waals surface area contributed by atoms with Gasteiger partial charge in [-0.2, -0.15) is 5.10 Å². The number of nitrogens with one attached hydrogen (secondary N) is 1. The zero-order valence-corrected chi connectivity index (χ0v) is 27.1. The maximum atomic E-state index is 13.4. The molecule has 1 heterocycles. The Morgan fingerprint density at radius 2 is 1.29 bits per heavy atom. The number of carbonyl (C=O) groups excluding carboxylic acids is 1. The SMILES string of the molecule is CC.CCCOCCOCCOCCOCCOc1ccc(NC(=O)c2cn(-c3ccccc3)nc2-c2ccc(Cl)cc2)cc1. The molecule has 0 spiro atoms. The van der Waals surface area contributed by atoms with Gasteiger partial charge in [0.2, 0.25) is 0 Å². The number of hydrogen-bond donors (Lipinski definition) is 1. The van der Waals surface area contributed by atoms with Crippen molar-refractivity contribution in [1.82, 2.24) is 9.78 Å². The minimum absolute atomic E-state index is 0.274. The lowest BCUT2D eigenvalue weighted by Crippen LogP contribution is -2.14. The van der Waals surface area contributed by atoms with Gasteiger partial charge >= 0.3 is 0 Å². The van der Waals surface area contributed by atoms with Crippen molar-refractivity contribution in [2.45, 2.75) is 27.2 Å². The van der Waals surface area contributed by atoms with Crippen LogP contribution in [0, 0.1) is 0 Å². The molecule has 0 radical (unpaired) electrons. The zero-order valence-electron chi connectivity index (χ0n) is 26.4. The van der Waals surface area contributed by atoms with Crippen LogP contribution in [0.2, 0.25) is 5.02 Å².